The van der Waals surface area contributed by atoms with Crippen molar-refractivity contribution in [3.8, 4) is 0 Å². The van der Waals surface area contributed by atoms with Gasteiger partial charge in [-0.2, -0.15) is 110 Å². The molecule has 6 nitrogen and oxygen atoms in total. The monoisotopic (exact) mass is 796 g/mol. The second kappa shape index (κ2) is 11.1. The van der Waals surface area contributed by atoms with Gasteiger partial charge in [-0.3, -0.25) is 0 Å². The minimum Gasteiger partial charge on any atom is -0.216 e. The summed E-state index contributed by atoms with van der Waals surface area (Å²) in [5.74, 6) is -56.6. The van der Waals surface area contributed by atoms with Crippen LogP contribution in [0.1, 0.15) is 0 Å². The van der Waals surface area contributed by atoms with Crippen LogP contribution >= 0.6 is 8.25 Å². The van der Waals surface area contributed by atoms with Crippen LogP contribution in [0.2, 0.25) is 0 Å². The first-order valence-corrected chi connectivity index (χ1v) is 11.7. The Labute approximate surface area is 231 Å². The maximum Gasteiger partial charge on any atom is 0.699 e. The lowest BCUT2D eigenvalue weighted by Gasteiger charge is -2.43. The van der Waals surface area contributed by atoms with Crippen LogP contribution in [0, 0.1) is 0 Å². The summed E-state index contributed by atoms with van der Waals surface area (Å²) in [4.78, 5) is 8.11. The van der Waals surface area contributed by atoms with Gasteiger partial charge in [0.05, 0.1) is 0 Å². The van der Waals surface area contributed by atoms with Crippen LogP contribution in [0.5, 0.6) is 0 Å². The highest BCUT2D eigenvalue weighted by molar-refractivity contribution is 7.93. The minimum absolute atomic E-state index is 1.72. The molecule has 0 aromatic rings. The Bertz CT molecular complexity index is 1270. The lowest BCUT2D eigenvalue weighted by Crippen LogP contribution is -2.76. The van der Waals surface area contributed by atoms with Crippen molar-refractivity contribution in [1.82, 2.24) is 5.12 Å². The predicted molar refractivity (Wildman–Crippen MR) is 83.2 cm³/mol. The van der Waals surface area contributed by atoms with Gasteiger partial charge in [0.1, 0.15) is 0 Å². The molecule has 0 fully saturated rings. The molecule has 0 aliphatic rings. The highest BCUT2D eigenvalue weighted by Crippen LogP contribution is 2.66. The van der Waals surface area contributed by atoms with Crippen LogP contribution in [0.15, 0.2) is 0 Å². The van der Waals surface area contributed by atoms with Gasteiger partial charge in [-0.15, -0.1) is 9.37 Å². The first-order chi connectivity index (χ1) is 19.3. The molecule has 34 heteroatoms. The predicted octanol–water partition coefficient (Wildman–Crippen LogP) is 7.59. The molecule has 0 aromatic heterocycles. The smallest absolute Gasteiger partial charge is 0.216 e. The van der Waals surface area contributed by atoms with Crippen molar-refractivity contribution >= 4 is 18.1 Å². The highest BCUT2D eigenvalue weighted by Gasteiger charge is 2.98. The van der Waals surface area contributed by atoms with Gasteiger partial charge in [0.15, 0.2) is 0 Å². The number of rotatable bonds is 13. The quantitative estimate of drug-likeness (QED) is 0.0896. The third kappa shape index (κ3) is 5.47. The maximum atomic E-state index is 14.6. The van der Waals surface area contributed by atoms with Crippen LogP contribution in [-0.4, -0.2) is 88.9 Å². The number of alkyl halides is 25. The number of hydrogen-bond donors (Lipinski definition) is 1. The van der Waals surface area contributed by atoms with Crippen LogP contribution in [0.4, 0.5) is 114 Å². The van der Waals surface area contributed by atoms with E-state index >= 15 is 0 Å². The third-order valence-corrected chi connectivity index (χ3v) is 7.25. The van der Waals surface area contributed by atoms with Crippen molar-refractivity contribution in [2.75, 3.05) is 0 Å². The summed E-state index contributed by atoms with van der Waals surface area (Å²) in [7, 11) is -16.5. The molecule has 0 aliphatic carbocycles. The first-order valence-electron chi connectivity index (χ1n) is 9.10. The number of halogens is 26. The van der Waals surface area contributed by atoms with Gasteiger partial charge in [0.2, 0.25) is 0 Å². The van der Waals surface area contributed by atoms with Gasteiger partial charge >= 0.3 is 78.7 Å². The van der Waals surface area contributed by atoms with Crippen molar-refractivity contribution in [1.29, 1.82) is 0 Å². The molecule has 0 heterocycles. The van der Waals surface area contributed by atoms with Gasteiger partial charge in [0.25, 0.3) is 9.84 Å². The molecule has 1 N–H and O–H groups in total. The molecule has 0 saturated carbocycles. The van der Waals surface area contributed by atoms with Gasteiger partial charge in [-0.1, -0.05) is 4.52 Å². The van der Waals surface area contributed by atoms with Crippen molar-refractivity contribution in [3.05, 3.63) is 0 Å². The number of sulfone groups is 1. The van der Waals surface area contributed by atoms with E-state index in [0.29, 0.717) is 0 Å². The molecular weight excluding hydrogens is 795 g/mol. The summed E-state index contributed by atoms with van der Waals surface area (Å²) in [5, 5.41) is -23.1. The van der Waals surface area contributed by atoms with E-state index < -0.39 is 93.6 Å². The van der Waals surface area contributed by atoms with E-state index in [1.807, 2.05) is 0 Å². The normalized spacial score (nSPS) is 18.1. The van der Waals surface area contributed by atoms with Crippen molar-refractivity contribution < 1.29 is 137 Å². The average molecular weight is 796 g/mol. The summed E-state index contributed by atoms with van der Waals surface area (Å²) in [6.07, 6.45) is -16.2. The Morgan fingerprint density at radius 2 is 0.761 bits per heavy atom. The SMILES string of the molecule is O=[P+](O)OC(F)(C(F)(F)N(F)C(F)(F)C(F)(F)F)S(=O)(=O)C(F)(F)C(F)(F)C(F)(F)C(F)(F)C(F)(F)C(F)(F)C(F)(F)C(F)(F)F. The van der Waals surface area contributed by atoms with Crippen molar-refractivity contribution in [3.63, 3.8) is 0 Å². The van der Waals surface area contributed by atoms with E-state index in [1.54, 1.807) is 4.52 Å². The van der Waals surface area contributed by atoms with Crippen LogP contribution in [0.25, 0.3) is 0 Å². The van der Waals surface area contributed by atoms with Crippen LogP contribution in [0.3, 0.4) is 0 Å². The molecule has 0 rings (SSSR count). The van der Waals surface area contributed by atoms with Gasteiger partial charge < -0.3 is 0 Å². The van der Waals surface area contributed by atoms with E-state index in [-0.39, 0.29) is 0 Å². The summed E-state index contributed by atoms with van der Waals surface area (Å²) in [6.45, 7) is 0. The molecule has 0 amide bonds. The summed E-state index contributed by atoms with van der Waals surface area (Å²) >= 11 is 0. The van der Waals surface area contributed by atoms with Crippen LogP contribution in [-0.2, 0) is 18.9 Å². The minimum atomic E-state index is -10.4. The van der Waals surface area contributed by atoms with E-state index in [2.05, 4.69) is 0 Å². The molecule has 2 unspecified atom stereocenters. The first kappa shape index (κ1) is 44.1. The molecule has 0 aromatic carbocycles. The molecule has 0 aliphatic heterocycles. The molecule has 0 bridgehead atoms. The number of nitrogens with zero attached hydrogens (tertiary/aromatic N) is 1. The molecule has 0 saturated heterocycles. The van der Waals surface area contributed by atoms with E-state index in [4.69, 9.17) is 4.89 Å². The molecule has 0 radical (unpaired) electrons. The standard InChI is InChI=1S/C12F26NO5PS/c13-1(14,3(17,18)5(21,22)7(25,26)27)2(15,16)4(19,20)6(23,24)11(35,36)46(42,43)12(37,44-45(40)41)10(33,34)39(38)9(31,32)8(28,29)30/p+1. The largest absolute Gasteiger partial charge is 0.699 e. The summed E-state index contributed by atoms with van der Waals surface area (Å²) < 4.78 is 379. The Morgan fingerprint density at radius 1 is 0.478 bits per heavy atom. The van der Waals surface area contributed by atoms with Crippen molar-refractivity contribution in [2.45, 2.75) is 70.4 Å². The highest BCUT2D eigenvalue weighted by atomic mass is 32.2. The van der Waals surface area contributed by atoms with Gasteiger partial charge in [-0.05, 0) is 0 Å². The topological polar surface area (TPSA) is 83.9 Å². The second-order valence-corrected chi connectivity index (χ2v) is 10.4. The Balaban J connectivity index is 7.82. The number of hydrogen-bond acceptors (Lipinski definition) is 5. The lowest BCUT2D eigenvalue weighted by atomic mass is 9.91. The average Bonchev–Trinajstić information content (AvgIpc) is 2.80. The summed E-state index contributed by atoms with van der Waals surface area (Å²) in [6, 6.07) is -17.0. The second-order valence-electron chi connectivity index (χ2n) is 7.69. The van der Waals surface area contributed by atoms with E-state index in [1.165, 1.54) is 0 Å². The molecule has 0 spiro atoms. The zero-order chi connectivity index (χ0) is 38.4. The fourth-order valence-electron chi connectivity index (χ4n) is 2.25. The Kier molecular flexibility index (Phi) is 10.6. The van der Waals surface area contributed by atoms with E-state index in [0.717, 1.165) is 0 Å². The molecule has 276 valence electrons. The third-order valence-electron chi connectivity index (χ3n) is 4.77. The maximum absolute atomic E-state index is 14.6. The molecule has 2 atom stereocenters. The van der Waals surface area contributed by atoms with Gasteiger partial charge in [0, 0.05) is 9.69 Å². The Hall–Kier alpha value is -1.89. The lowest BCUT2D eigenvalue weighted by molar-refractivity contribution is -0.460. The molecular formula is C12HF26NO5PS+. The van der Waals surface area contributed by atoms with E-state index in [9.17, 15) is 127 Å². The van der Waals surface area contributed by atoms with Gasteiger partial charge in [-0.25, -0.2) is 8.42 Å². The van der Waals surface area contributed by atoms with Crippen molar-refractivity contribution in [2.24, 2.45) is 0 Å². The fraction of sp³-hybridized carbons (Fsp3) is 1.00. The summed E-state index contributed by atoms with van der Waals surface area (Å²) in [5.41, 5.74) is 0. The molecule has 46 heavy (non-hydrogen) atoms. The Morgan fingerprint density at radius 3 is 1.02 bits per heavy atom. The zero-order valence-electron chi connectivity index (χ0n) is 19.2. The fourth-order valence-corrected chi connectivity index (χ4v) is 4.35. The van der Waals surface area contributed by atoms with Crippen LogP contribution < -0.4 is 0 Å². The zero-order valence-corrected chi connectivity index (χ0v) is 20.9.